The highest BCUT2D eigenvalue weighted by Crippen LogP contribution is 2.09. The Labute approximate surface area is 110 Å². The van der Waals surface area contributed by atoms with E-state index in [0.717, 1.165) is 19.5 Å². The van der Waals surface area contributed by atoms with Gasteiger partial charge in [0.15, 0.2) is 5.79 Å². The second kappa shape index (κ2) is 7.52. The van der Waals surface area contributed by atoms with E-state index in [-0.39, 0.29) is 0 Å². The lowest BCUT2D eigenvalue weighted by atomic mass is 10.1. The molecule has 0 aliphatic heterocycles. The molecule has 0 saturated carbocycles. The molecule has 0 aromatic heterocycles. The van der Waals surface area contributed by atoms with Gasteiger partial charge in [0.1, 0.15) is 0 Å². The highest BCUT2D eigenvalue weighted by molar-refractivity contribution is 5.14. The molecule has 0 bridgehead atoms. The molecule has 0 heterocycles. The smallest absolute Gasteiger partial charge is 0.159 e. The van der Waals surface area contributed by atoms with E-state index in [9.17, 15) is 5.11 Å². The first-order chi connectivity index (χ1) is 8.47. The molecule has 0 saturated heterocycles. The van der Waals surface area contributed by atoms with Crippen molar-refractivity contribution in [2.45, 2.75) is 39.5 Å². The molecular weight excluding hydrogens is 226 g/mol. The first-order valence-electron chi connectivity index (χ1n) is 6.58. The molecule has 0 radical (unpaired) electrons. The van der Waals surface area contributed by atoms with E-state index in [0.29, 0.717) is 12.5 Å². The predicted octanol–water partition coefficient (Wildman–Crippen LogP) is 2.55. The molecule has 1 rings (SSSR count). The number of aliphatic hydroxyl groups is 1. The Hall–Kier alpha value is -0.900. The van der Waals surface area contributed by atoms with Crippen LogP contribution >= 0.6 is 0 Å². The maximum absolute atomic E-state index is 9.45. The number of rotatable bonds is 8. The van der Waals surface area contributed by atoms with Crippen molar-refractivity contribution in [2.24, 2.45) is 5.92 Å². The Balaban J connectivity index is 2.07. The third-order valence-corrected chi connectivity index (χ3v) is 2.71. The zero-order chi connectivity index (χ0) is 13.4. The van der Waals surface area contributed by atoms with Gasteiger partial charge in [-0.25, -0.2) is 0 Å². The fourth-order valence-corrected chi connectivity index (χ4v) is 1.61. The van der Waals surface area contributed by atoms with Crippen LogP contribution in [0.5, 0.6) is 0 Å². The largest absolute Gasteiger partial charge is 0.366 e. The monoisotopic (exact) mass is 251 g/mol. The van der Waals surface area contributed by atoms with Crippen LogP contribution in [0.2, 0.25) is 0 Å². The molecule has 18 heavy (non-hydrogen) atoms. The van der Waals surface area contributed by atoms with Crippen LogP contribution in [0.25, 0.3) is 0 Å². The second-order valence-corrected chi connectivity index (χ2v) is 5.31. The van der Waals surface area contributed by atoms with Gasteiger partial charge in [0.05, 0.1) is 6.61 Å². The minimum atomic E-state index is -1.02. The molecule has 1 atom stereocenters. The second-order valence-electron chi connectivity index (χ2n) is 5.31. The zero-order valence-electron chi connectivity index (χ0n) is 11.6. The third-order valence-electron chi connectivity index (χ3n) is 2.71. The molecule has 0 amide bonds. The van der Waals surface area contributed by atoms with Crippen molar-refractivity contribution in [1.29, 1.82) is 0 Å². The van der Waals surface area contributed by atoms with Gasteiger partial charge in [-0.1, -0.05) is 37.3 Å². The third kappa shape index (κ3) is 7.43. The highest BCUT2D eigenvalue weighted by atomic mass is 16.6. The van der Waals surface area contributed by atoms with E-state index >= 15 is 0 Å². The molecule has 0 spiro atoms. The molecule has 0 aliphatic rings. The number of nitrogens with one attached hydrogen (secondary N) is 1. The van der Waals surface area contributed by atoms with Gasteiger partial charge in [-0.3, -0.25) is 0 Å². The van der Waals surface area contributed by atoms with Crippen molar-refractivity contribution in [2.75, 3.05) is 13.2 Å². The Morgan fingerprint density at radius 3 is 2.56 bits per heavy atom. The van der Waals surface area contributed by atoms with Gasteiger partial charge in [0.2, 0.25) is 0 Å². The first-order valence-corrected chi connectivity index (χ1v) is 6.58. The summed E-state index contributed by atoms with van der Waals surface area (Å²) in [6, 6.07) is 10.4. The van der Waals surface area contributed by atoms with E-state index in [4.69, 9.17) is 4.74 Å². The van der Waals surface area contributed by atoms with Gasteiger partial charge in [-0.05, 0) is 38.3 Å². The van der Waals surface area contributed by atoms with E-state index in [1.807, 2.05) is 6.07 Å². The number of ether oxygens (including phenoxy) is 1. The molecule has 3 nitrogen and oxygen atoms in total. The average Bonchev–Trinajstić information content (AvgIpc) is 2.33. The van der Waals surface area contributed by atoms with Crippen LogP contribution < -0.4 is 5.32 Å². The number of benzene rings is 1. The van der Waals surface area contributed by atoms with Crippen molar-refractivity contribution in [3.05, 3.63) is 35.9 Å². The van der Waals surface area contributed by atoms with Crippen molar-refractivity contribution in [1.82, 2.24) is 5.32 Å². The van der Waals surface area contributed by atoms with Crippen LogP contribution in [0.3, 0.4) is 0 Å². The molecule has 1 unspecified atom stereocenters. The van der Waals surface area contributed by atoms with Crippen LogP contribution in [0.15, 0.2) is 30.3 Å². The summed E-state index contributed by atoms with van der Waals surface area (Å²) in [5.41, 5.74) is 1.30. The Morgan fingerprint density at radius 2 is 1.94 bits per heavy atom. The van der Waals surface area contributed by atoms with Gasteiger partial charge in [0.25, 0.3) is 0 Å². The van der Waals surface area contributed by atoms with Crippen molar-refractivity contribution < 1.29 is 9.84 Å². The topological polar surface area (TPSA) is 41.5 Å². The molecule has 2 N–H and O–H groups in total. The number of hydrogen-bond acceptors (Lipinski definition) is 3. The van der Waals surface area contributed by atoms with Crippen LogP contribution in [0.1, 0.15) is 32.8 Å². The molecular formula is C15H25NO2. The maximum Gasteiger partial charge on any atom is 0.159 e. The van der Waals surface area contributed by atoms with Gasteiger partial charge in [-0.15, -0.1) is 0 Å². The molecule has 1 aromatic rings. The molecule has 1 aromatic carbocycles. The Kier molecular flexibility index (Phi) is 6.33. The molecule has 102 valence electrons. The van der Waals surface area contributed by atoms with Crippen molar-refractivity contribution in [3.8, 4) is 0 Å². The lowest BCUT2D eigenvalue weighted by Crippen LogP contribution is -2.27. The summed E-state index contributed by atoms with van der Waals surface area (Å²) in [5.74, 6) is -0.578. The van der Waals surface area contributed by atoms with Crippen LogP contribution in [-0.4, -0.2) is 24.0 Å². The standard InChI is InChI=1S/C15H25NO2/c1-13(12-18-15(2,3)17)9-10-16-11-14-7-5-4-6-8-14/h4-8,13,16-17H,9-12H2,1-3H3. The minimum Gasteiger partial charge on any atom is -0.366 e. The molecule has 3 heteroatoms. The van der Waals surface area contributed by atoms with E-state index in [1.165, 1.54) is 5.56 Å². The van der Waals surface area contributed by atoms with Crippen LogP contribution in [0.4, 0.5) is 0 Å². The summed E-state index contributed by atoms with van der Waals surface area (Å²) >= 11 is 0. The average molecular weight is 251 g/mol. The van der Waals surface area contributed by atoms with E-state index < -0.39 is 5.79 Å². The van der Waals surface area contributed by atoms with Crippen LogP contribution in [-0.2, 0) is 11.3 Å². The summed E-state index contributed by atoms with van der Waals surface area (Å²) in [6.07, 6.45) is 1.04. The quantitative estimate of drug-likeness (QED) is 0.551. The highest BCUT2D eigenvalue weighted by Gasteiger charge is 2.14. The van der Waals surface area contributed by atoms with Gasteiger partial charge >= 0.3 is 0 Å². The first kappa shape index (κ1) is 15.2. The molecule has 0 aliphatic carbocycles. The van der Waals surface area contributed by atoms with Gasteiger partial charge in [-0.2, -0.15) is 0 Å². The Bertz CT molecular complexity index is 319. The lowest BCUT2D eigenvalue weighted by molar-refractivity contribution is -0.182. The van der Waals surface area contributed by atoms with Gasteiger partial charge in [0, 0.05) is 6.54 Å². The summed E-state index contributed by atoms with van der Waals surface area (Å²) in [5, 5.41) is 12.9. The summed E-state index contributed by atoms with van der Waals surface area (Å²) < 4.78 is 5.33. The van der Waals surface area contributed by atoms with Gasteiger partial charge < -0.3 is 15.2 Å². The Morgan fingerprint density at radius 1 is 1.28 bits per heavy atom. The SMILES string of the molecule is CC(CCNCc1ccccc1)COC(C)(C)O. The summed E-state index contributed by atoms with van der Waals surface area (Å²) in [4.78, 5) is 0. The number of hydrogen-bond donors (Lipinski definition) is 2. The summed E-state index contributed by atoms with van der Waals surface area (Å²) in [6.45, 7) is 7.92. The fourth-order valence-electron chi connectivity index (χ4n) is 1.61. The minimum absolute atomic E-state index is 0.444. The predicted molar refractivity (Wildman–Crippen MR) is 74.2 cm³/mol. The zero-order valence-corrected chi connectivity index (χ0v) is 11.6. The normalized spacial score (nSPS) is 13.6. The van der Waals surface area contributed by atoms with E-state index in [2.05, 4.69) is 36.5 Å². The summed E-state index contributed by atoms with van der Waals surface area (Å²) in [7, 11) is 0. The fraction of sp³-hybridized carbons (Fsp3) is 0.600. The van der Waals surface area contributed by atoms with Crippen molar-refractivity contribution >= 4 is 0 Å². The van der Waals surface area contributed by atoms with Crippen molar-refractivity contribution in [3.63, 3.8) is 0 Å². The van der Waals surface area contributed by atoms with Crippen LogP contribution in [0, 0.1) is 5.92 Å². The lowest BCUT2D eigenvalue weighted by Gasteiger charge is -2.21. The maximum atomic E-state index is 9.45. The van der Waals surface area contributed by atoms with E-state index in [1.54, 1.807) is 13.8 Å². The molecule has 0 fully saturated rings.